The Bertz CT molecular complexity index is 563. The van der Waals surface area contributed by atoms with Crippen molar-refractivity contribution in [2.45, 2.75) is 26.9 Å². The van der Waals surface area contributed by atoms with Gasteiger partial charge in [-0.25, -0.2) is 9.97 Å². The molecule has 0 spiro atoms. The molecule has 1 aromatic carbocycles. The Morgan fingerprint density at radius 1 is 1.19 bits per heavy atom. The minimum absolute atomic E-state index is 0.426. The lowest BCUT2D eigenvalue weighted by molar-refractivity contribution is 0.128. The smallest absolute Gasteiger partial charge is 0.157 e. The number of hydrogen-bond donors (Lipinski definition) is 1. The second-order valence-electron chi connectivity index (χ2n) is 4.60. The predicted molar refractivity (Wildman–Crippen MR) is 89.3 cm³/mol. The third-order valence-corrected chi connectivity index (χ3v) is 3.61. The predicted octanol–water partition coefficient (Wildman–Crippen LogP) is 4.26. The molecule has 21 heavy (non-hydrogen) atoms. The van der Waals surface area contributed by atoms with Crippen molar-refractivity contribution in [3.05, 3.63) is 40.6 Å². The molecule has 2 rings (SSSR count). The van der Waals surface area contributed by atoms with Crippen LogP contribution in [0.25, 0.3) is 11.3 Å². The van der Waals surface area contributed by atoms with Gasteiger partial charge in [-0.2, -0.15) is 0 Å². The molecule has 5 heteroatoms. The number of aromatic nitrogens is 2. The first-order valence-electron chi connectivity index (χ1n) is 7.19. The summed E-state index contributed by atoms with van der Waals surface area (Å²) in [6.45, 7) is 6.06. The highest BCUT2D eigenvalue weighted by molar-refractivity contribution is 9.10. The molecule has 0 aliphatic carbocycles. The fraction of sp³-hybridized carbons (Fsp3) is 0.375. The van der Waals surface area contributed by atoms with E-state index >= 15 is 0 Å². The second-order valence-corrected chi connectivity index (χ2v) is 5.45. The maximum Gasteiger partial charge on any atom is 0.157 e. The molecule has 0 unspecified atom stereocenters. The van der Waals surface area contributed by atoms with Crippen LogP contribution in [0.15, 0.2) is 34.8 Å². The van der Waals surface area contributed by atoms with Gasteiger partial charge in [-0.15, -0.1) is 0 Å². The van der Waals surface area contributed by atoms with Gasteiger partial charge in [0.15, 0.2) is 5.82 Å². The Balaban J connectivity index is 2.36. The van der Waals surface area contributed by atoms with Gasteiger partial charge >= 0.3 is 0 Å². The van der Waals surface area contributed by atoms with E-state index in [-0.39, 0.29) is 0 Å². The van der Waals surface area contributed by atoms with E-state index in [1.54, 1.807) is 0 Å². The molecule has 0 saturated heterocycles. The topological polar surface area (TPSA) is 47.0 Å². The highest BCUT2D eigenvalue weighted by Crippen LogP contribution is 2.27. The molecule has 0 atom stereocenters. The minimum atomic E-state index is 0.426. The van der Waals surface area contributed by atoms with E-state index in [2.05, 4.69) is 38.1 Å². The molecular formula is C16H20BrN3O. The lowest BCUT2D eigenvalue weighted by Gasteiger charge is -2.10. The van der Waals surface area contributed by atoms with Crippen molar-refractivity contribution in [3.8, 4) is 11.3 Å². The summed E-state index contributed by atoms with van der Waals surface area (Å²) in [5.41, 5.74) is 1.95. The molecule has 1 heterocycles. The van der Waals surface area contributed by atoms with Crippen molar-refractivity contribution in [1.82, 2.24) is 9.97 Å². The molecule has 1 N–H and O–H groups in total. The maximum atomic E-state index is 5.44. The zero-order valence-corrected chi connectivity index (χ0v) is 14.0. The van der Waals surface area contributed by atoms with E-state index in [1.807, 2.05) is 37.3 Å². The molecule has 4 nitrogen and oxygen atoms in total. The van der Waals surface area contributed by atoms with Crippen LogP contribution in [0, 0.1) is 0 Å². The van der Waals surface area contributed by atoms with Crippen molar-refractivity contribution in [3.63, 3.8) is 0 Å². The van der Waals surface area contributed by atoms with E-state index in [9.17, 15) is 0 Å². The molecule has 0 saturated carbocycles. The number of anilines is 1. The van der Waals surface area contributed by atoms with E-state index in [0.29, 0.717) is 19.0 Å². The van der Waals surface area contributed by atoms with Crippen molar-refractivity contribution in [1.29, 1.82) is 0 Å². The minimum Gasteiger partial charge on any atom is -0.374 e. The van der Waals surface area contributed by atoms with Crippen molar-refractivity contribution < 1.29 is 4.74 Å². The Morgan fingerprint density at radius 3 is 2.71 bits per heavy atom. The quantitative estimate of drug-likeness (QED) is 0.810. The van der Waals surface area contributed by atoms with Gasteiger partial charge in [0, 0.05) is 29.3 Å². The molecule has 0 aliphatic heterocycles. The van der Waals surface area contributed by atoms with Gasteiger partial charge in [0.25, 0.3) is 0 Å². The van der Waals surface area contributed by atoms with Crippen LogP contribution in [0.4, 0.5) is 5.82 Å². The number of rotatable bonds is 7. The summed E-state index contributed by atoms with van der Waals surface area (Å²) in [5, 5.41) is 3.32. The third-order valence-electron chi connectivity index (χ3n) is 2.91. The van der Waals surface area contributed by atoms with Gasteiger partial charge in [0.05, 0.1) is 5.69 Å². The van der Waals surface area contributed by atoms with Crippen LogP contribution in [-0.2, 0) is 11.3 Å². The molecule has 1 aromatic heterocycles. The average Bonchev–Trinajstić information content (AvgIpc) is 2.51. The molecule has 0 amide bonds. The molecule has 0 aliphatic rings. The first-order valence-corrected chi connectivity index (χ1v) is 7.98. The van der Waals surface area contributed by atoms with Crippen LogP contribution in [0.5, 0.6) is 0 Å². The third kappa shape index (κ3) is 4.51. The second kappa shape index (κ2) is 8.10. The molecule has 0 bridgehead atoms. The van der Waals surface area contributed by atoms with Gasteiger partial charge in [0.2, 0.25) is 0 Å². The lowest BCUT2D eigenvalue weighted by atomic mass is 10.1. The average molecular weight is 350 g/mol. The standard InChI is InChI=1S/C16H20BrN3O/c1-3-9-18-15-10-14(12-7-5-6-8-13(12)17)19-16(20-15)11-21-4-2/h5-8,10H,3-4,9,11H2,1-2H3,(H,18,19,20). The maximum absolute atomic E-state index is 5.44. The van der Waals surface area contributed by atoms with E-state index in [0.717, 1.165) is 34.5 Å². The fourth-order valence-electron chi connectivity index (χ4n) is 1.91. The van der Waals surface area contributed by atoms with Gasteiger partial charge in [0.1, 0.15) is 12.4 Å². The highest BCUT2D eigenvalue weighted by atomic mass is 79.9. The Kier molecular flexibility index (Phi) is 6.14. The zero-order chi connectivity index (χ0) is 15.1. The number of halogens is 1. The van der Waals surface area contributed by atoms with Crippen LogP contribution < -0.4 is 5.32 Å². The van der Waals surface area contributed by atoms with Crippen molar-refractivity contribution in [2.75, 3.05) is 18.5 Å². The van der Waals surface area contributed by atoms with Crippen LogP contribution >= 0.6 is 15.9 Å². The monoisotopic (exact) mass is 349 g/mol. The summed E-state index contributed by atoms with van der Waals surface area (Å²) in [7, 11) is 0. The number of nitrogens with one attached hydrogen (secondary N) is 1. The van der Waals surface area contributed by atoms with Gasteiger partial charge in [-0.1, -0.05) is 41.1 Å². The van der Waals surface area contributed by atoms with E-state index in [4.69, 9.17) is 4.74 Å². The van der Waals surface area contributed by atoms with Crippen molar-refractivity contribution in [2.24, 2.45) is 0 Å². The molecule has 0 radical (unpaired) electrons. The normalized spacial score (nSPS) is 10.6. The van der Waals surface area contributed by atoms with Crippen LogP contribution in [0.2, 0.25) is 0 Å². The summed E-state index contributed by atoms with van der Waals surface area (Å²) in [6.07, 6.45) is 1.05. The first kappa shape index (κ1) is 15.9. The van der Waals surface area contributed by atoms with Gasteiger partial charge < -0.3 is 10.1 Å². The molecule has 112 valence electrons. The molecule has 0 fully saturated rings. The van der Waals surface area contributed by atoms with Crippen LogP contribution in [0.1, 0.15) is 26.1 Å². The Labute approximate surface area is 134 Å². The Hall–Kier alpha value is -1.46. The molecule has 2 aromatic rings. The Morgan fingerprint density at radius 2 is 2.00 bits per heavy atom. The summed E-state index contributed by atoms with van der Waals surface area (Å²) >= 11 is 3.58. The van der Waals surface area contributed by atoms with Crippen LogP contribution in [-0.4, -0.2) is 23.1 Å². The first-order chi connectivity index (χ1) is 10.2. The van der Waals surface area contributed by atoms with Gasteiger partial charge in [-0.3, -0.25) is 0 Å². The van der Waals surface area contributed by atoms with Crippen LogP contribution in [0.3, 0.4) is 0 Å². The van der Waals surface area contributed by atoms with Crippen molar-refractivity contribution >= 4 is 21.7 Å². The number of nitrogens with zero attached hydrogens (tertiary/aromatic N) is 2. The summed E-state index contributed by atoms with van der Waals surface area (Å²) in [4.78, 5) is 9.11. The highest BCUT2D eigenvalue weighted by Gasteiger charge is 2.09. The summed E-state index contributed by atoms with van der Waals surface area (Å²) in [5.74, 6) is 1.54. The largest absolute Gasteiger partial charge is 0.374 e. The summed E-state index contributed by atoms with van der Waals surface area (Å²) in [6, 6.07) is 10.0. The zero-order valence-electron chi connectivity index (χ0n) is 12.4. The number of benzene rings is 1. The SMILES string of the molecule is CCCNc1cc(-c2ccccc2Br)nc(COCC)n1. The molecular weight excluding hydrogens is 330 g/mol. The van der Waals surface area contributed by atoms with E-state index < -0.39 is 0 Å². The number of ether oxygens (including phenoxy) is 1. The van der Waals surface area contributed by atoms with Gasteiger partial charge in [-0.05, 0) is 19.4 Å². The number of hydrogen-bond acceptors (Lipinski definition) is 4. The lowest BCUT2D eigenvalue weighted by Crippen LogP contribution is -2.07. The summed E-state index contributed by atoms with van der Waals surface area (Å²) < 4.78 is 6.46. The fourth-order valence-corrected chi connectivity index (χ4v) is 2.39. The van der Waals surface area contributed by atoms with E-state index in [1.165, 1.54) is 0 Å².